The summed E-state index contributed by atoms with van der Waals surface area (Å²) in [6.45, 7) is 6.07. The molecule has 1 atom stereocenters. The normalized spacial score (nSPS) is 21.7. The van der Waals surface area contributed by atoms with E-state index in [4.69, 9.17) is 16.3 Å². The van der Waals surface area contributed by atoms with Crippen molar-refractivity contribution in [3.63, 3.8) is 0 Å². The summed E-state index contributed by atoms with van der Waals surface area (Å²) in [7, 11) is 0. The van der Waals surface area contributed by atoms with Crippen molar-refractivity contribution >= 4 is 23.4 Å². The number of benzene rings is 1. The number of aromatic nitrogens is 2. The molecule has 38 heavy (non-hydrogen) atoms. The molecule has 3 aromatic rings. The van der Waals surface area contributed by atoms with Gasteiger partial charge in [0.05, 0.1) is 10.7 Å². The number of ether oxygens (including phenoxy) is 1. The third kappa shape index (κ3) is 5.73. The Morgan fingerprint density at radius 2 is 2.00 bits per heavy atom. The molecule has 6 nitrogen and oxygen atoms in total. The molecule has 1 spiro atoms. The highest BCUT2D eigenvalue weighted by molar-refractivity contribution is 6.30. The summed E-state index contributed by atoms with van der Waals surface area (Å²) >= 11 is 5.89. The molecule has 2 aromatic heterocycles. The van der Waals surface area contributed by atoms with Crippen LogP contribution in [0.25, 0.3) is 11.8 Å². The molecule has 1 unspecified atom stereocenters. The van der Waals surface area contributed by atoms with Crippen LogP contribution in [-0.2, 0) is 19.6 Å². The van der Waals surface area contributed by atoms with Gasteiger partial charge < -0.3 is 10.1 Å². The minimum Gasteiger partial charge on any atom is -0.487 e. The summed E-state index contributed by atoms with van der Waals surface area (Å²) in [5, 5.41) is 4.22. The van der Waals surface area contributed by atoms with Gasteiger partial charge in [-0.1, -0.05) is 29.8 Å². The molecule has 2 saturated heterocycles. The van der Waals surface area contributed by atoms with Crippen LogP contribution in [0.2, 0.25) is 5.02 Å². The van der Waals surface area contributed by atoms with E-state index in [-0.39, 0.29) is 12.2 Å². The van der Waals surface area contributed by atoms with Crippen LogP contribution in [0.15, 0.2) is 59.7 Å². The Morgan fingerprint density at radius 1 is 1.08 bits per heavy atom. The fourth-order valence-electron chi connectivity index (χ4n) is 6.34. The summed E-state index contributed by atoms with van der Waals surface area (Å²) in [5.74, 6) is 0.535. The lowest BCUT2D eigenvalue weighted by atomic mass is 9.74. The molecule has 0 saturated carbocycles. The summed E-state index contributed by atoms with van der Waals surface area (Å²) in [6, 6.07) is 13.9. The smallest absolute Gasteiger partial charge is 0.258 e. The van der Waals surface area contributed by atoms with E-state index in [1.165, 1.54) is 68.6 Å². The molecular formula is C31H35ClN4O2. The fourth-order valence-corrected chi connectivity index (χ4v) is 6.45. The van der Waals surface area contributed by atoms with Crippen LogP contribution in [0.1, 0.15) is 54.5 Å². The molecule has 2 aliphatic heterocycles. The maximum absolute atomic E-state index is 12.9. The predicted octanol–water partition coefficient (Wildman–Crippen LogP) is 5.39. The number of fused-ring (bicyclic) bond motifs is 1. The monoisotopic (exact) mass is 530 g/mol. The molecule has 198 valence electrons. The van der Waals surface area contributed by atoms with E-state index >= 15 is 0 Å². The number of piperidine rings is 2. The number of allylic oxidation sites excluding steroid dienone is 1. The molecule has 0 radical (unpaired) electrons. The highest BCUT2D eigenvalue weighted by atomic mass is 35.5. The van der Waals surface area contributed by atoms with Crippen molar-refractivity contribution in [2.75, 3.05) is 26.2 Å². The molecule has 1 aliphatic carbocycles. The lowest BCUT2D eigenvalue weighted by Gasteiger charge is -2.45. The van der Waals surface area contributed by atoms with E-state index in [1.807, 2.05) is 18.3 Å². The molecule has 7 heteroatoms. The second kappa shape index (κ2) is 11.0. The van der Waals surface area contributed by atoms with Crippen molar-refractivity contribution in [1.82, 2.24) is 19.8 Å². The van der Waals surface area contributed by atoms with Crippen LogP contribution >= 0.6 is 11.6 Å². The van der Waals surface area contributed by atoms with Gasteiger partial charge in [-0.25, -0.2) is 0 Å². The average Bonchev–Trinajstić information content (AvgIpc) is 2.93. The minimum atomic E-state index is -0.0888. The fraction of sp³-hybridized carbons (Fsp3) is 0.419. The maximum Gasteiger partial charge on any atom is 0.258 e. The second-order valence-corrected chi connectivity index (χ2v) is 11.5. The van der Waals surface area contributed by atoms with Crippen molar-refractivity contribution in [2.45, 2.75) is 51.7 Å². The van der Waals surface area contributed by atoms with Gasteiger partial charge in [-0.3, -0.25) is 19.2 Å². The van der Waals surface area contributed by atoms with Gasteiger partial charge in [-0.15, -0.1) is 0 Å². The lowest BCUT2D eigenvalue weighted by molar-refractivity contribution is 0.0600. The average molecular weight is 531 g/mol. The number of nitrogens with one attached hydrogen (secondary N) is 1. The third-order valence-electron chi connectivity index (χ3n) is 8.26. The highest BCUT2D eigenvalue weighted by Gasteiger charge is 2.36. The Labute approximate surface area is 229 Å². The zero-order valence-corrected chi connectivity index (χ0v) is 22.6. The lowest BCUT2D eigenvalue weighted by Crippen LogP contribution is -2.50. The second-order valence-electron chi connectivity index (χ2n) is 11.1. The Kier molecular flexibility index (Phi) is 7.37. The highest BCUT2D eigenvalue weighted by Crippen LogP contribution is 2.36. The predicted molar refractivity (Wildman–Crippen MR) is 152 cm³/mol. The number of hydrogen-bond donors (Lipinski definition) is 1. The number of nitrogens with zero attached hydrogens (tertiary/aromatic N) is 3. The summed E-state index contributed by atoms with van der Waals surface area (Å²) in [6.07, 6.45) is 12.7. The Hall–Kier alpha value is -2.93. The van der Waals surface area contributed by atoms with Crippen molar-refractivity contribution in [1.29, 1.82) is 0 Å². The van der Waals surface area contributed by atoms with Gasteiger partial charge >= 0.3 is 0 Å². The Morgan fingerprint density at radius 3 is 2.82 bits per heavy atom. The molecule has 0 bridgehead atoms. The first kappa shape index (κ1) is 25.4. The number of pyridine rings is 2. The first-order valence-corrected chi connectivity index (χ1v) is 14.1. The Balaban J connectivity index is 1.11. The zero-order chi connectivity index (χ0) is 26.0. The zero-order valence-electron chi connectivity index (χ0n) is 21.8. The molecule has 1 aromatic carbocycles. The van der Waals surface area contributed by atoms with Crippen molar-refractivity contribution in [3.05, 3.63) is 92.6 Å². The number of aryl methyl sites for hydroxylation is 1. The molecule has 2 fully saturated rings. The van der Waals surface area contributed by atoms with Gasteiger partial charge in [0.15, 0.2) is 0 Å². The molecular weight excluding hydrogens is 496 g/mol. The van der Waals surface area contributed by atoms with Gasteiger partial charge in [-0.2, -0.15) is 0 Å². The Bertz CT molecular complexity index is 1370. The van der Waals surface area contributed by atoms with E-state index in [0.717, 1.165) is 30.8 Å². The molecule has 6 rings (SSSR count). The quantitative estimate of drug-likeness (QED) is 0.463. The van der Waals surface area contributed by atoms with Crippen molar-refractivity contribution in [2.24, 2.45) is 5.41 Å². The van der Waals surface area contributed by atoms with Gasteiger partial charge in [0.2, 0.25) is 0 Å². The molecule has 3 aliphatic rings. The van der Waals surface area contributed by atoms with Gasteiger partial charge in [0, 0.05) is 43.8 Å². The van der Waals surface area contributed by atoms with Crippen LogP contribution in [-0.4, -0.2) is 40.6 Å². The van der Waals surface area contributed by atoms with E-state index in [1.54, 1.807) is 22.9 Å². The molecule has 1 N–H and O–H groups in total. The van der Waals surface area contributed by atoms with Crippen LogP contribution in [0.5, 0.6) is 5.75 Å². The number of halogens is 1. The number of rotatable bonds is 6. The van der Waals surface area contributed by atoms with Gasteiger partial charge in [0.1, 0.15) is 12.4 Å². The number of likely N-dealkylation sites (tertiary alicyclic amines) is 1. The van der Waals surface area contributed by atoms with Gasteiger partial charge in [-0.05, 0) is 98.0 Å². The van der Waals surface area contributed by atoms with Crippen LogP contribution in [0.4, 0.5) is 0 Å². The largest absolute Gasteiger partial charge is 0.487 e. The molecule has 4 heterocycles. The summed E-state index contributed by atoms with van der Waals surface area (Å²) < 4.78 is 7.51. The van der Waals surface area contributed by atoms with Gasteiger partial charge in [0.25, 0.3) is 5.56 Å². The van der Waals surface area contributed by atoms with Crippen molar-refractivity contribution < 1.29 is 4.74 Å². The minimum absolute atomic E-state index is 0.0888. The topological polar surface area (TPSA) is 59.4 Å². The van der Waals surface area contributed by atoms with E-state index in [0.29, 0.717) is 16.2 Å². The first-order chi connectivity index (χ1) is 18.6. The van der Waals surface area contributed by atoms with E-state index in [2.05, 4.69) is 39.5 Å². The van der Waals surface area contributed by atoms with Crippen molar-refractivity contribution in [3.8, 4) is 5.75 Å². The van der Waals surface area contributed by atoms with E-state index in [9.17, 15) is 4.79 Å². The third-order valence-corrected chi connectivity index (χ3v) is 8.49. The summed E-state index contributed by atoms with van der Waals surface area (Å²) in [4.78, 5) is 19.8. The number of hydrogen-bond acceptors (Lipinski definition) is 5. The standard InChI is InChI=1S/C31H35ClN4O2/c32-26-6-7-27(34-18-26)20-38-29-9-14-36(30(37)17-29)28-8-5-24-15-23(3-4-25(24)16-28)19-35-13-2-11-31(22-35)10-1-12-33-21-31/h3-4,6-7,9,14-18,33H,1-2,5,8,10-13,19-22H2. The first-order valence-electron chi connectivity index (χ1n) is 13.8. The summed E-state index contributed by atoms with van der Waals surface area (Å²) in [5.41, 5.74) is 6.15. The van der Waals surface area contributed by atoms with Crippen LogP contribution in [0.3, 0.4) is 0 Å². The van der Waals surface area contributed by atoms with Crippen LogP contribution < -0.4 is 15.6 Å². The molecule has 0 amide bonds. The SMILES string of the molecule is O=c1cc(OCc2ccc(Cl)cn2)ccn1C1=Cc2ccc(CN3CCCC4(CCCNC4)C3)cc2CC1. The van der Waals surface area contributed by atoms with E-state index < -0.39 is 0 Å². The van der Waals surface area contributed by atoms with Crippen LogP contribution in [0, 0.1) is 5.41 Å². The maximum atomic E-state index is 12.9.